The number of aliphatic hydroxyl groups excluding tert-OH is 1. The molecule has 0 amide bonds. The van der Waals surface area contributed by atoms with Gasteiger partial charge in [-0.3, -0.25) is 0 Å². The predicted octanol–water partition coefficient (Wildman–Crippen LogP) is 3.10. The molecule has 3 heteroatoms. The van der Waals surface area contributed by atoms with Gasteiger partial charge >= 0.3 is 0 Å². The van der Waals surface area contributed by atoms with Gasteiger partial charge in [-0.2, -0.15) is 0 Å². The number of hydrogen-bond donors (Lipinski definition) is 1. The lowest BCUT2D eigenvalue weighted by Crippen LogP contribution is -2.25. The highest BCUT2D eigenvalue weighted by Gasteiger charge is 2.28. The molecule has 2 unspecified atom stereocenters. The Kier molecular flexibility index (Phi) is 3.11. The van der Waals surface area contributed by atoms with E-state index in [1.54, 1.807) is 0 Å². The van der Waals surface area contributed by atoms with Crippen LogP contribution >= 0.6 is 20.7 Å². The Balaban J connectivity index is 2.03. The van der Waals surface area contributed by atoms with Crippen molar-refractivity contribution in [3.8, 4) is 5.75 Å². The average Bonchev–Trinajstić information content (AvgIpc) is 2.39. The van der Waals surface area contributed by atoms with E-state index in [1.807, 2.05) is 18.2 Å². The van der Waals surface area contributed by atoms with E-state index < -0.39 is 6.29 Å². The highest BCUT2D eigenvalue weighted by Crippen LogP contribution is 2.41. The summed E-state index contributed by atoms with van der Waals surface area (Å²) in [5, 5.41) is 9.78. The first-order chi connectivity index (χ1) is 8.34. The topological polar surface area (TPSA) is 29.5 Å². The Hall–Kier alpha value is -0.940. The highest BCUT2D eigenvalue weighted by atomic mass is 127. The van der Waals surface area contributed by atoms with Gasteiger partial charge in [0.2, 0.25) is 0 Å². The molecule has 88 valence electrons. The lowest BCUT2D eigenvalue weighted by atomic mass is 9.86. The van der Waals surface area contributed by atoms with Crippen molar-refractivity contribution in [3.63, 3.8) is 0 Å². The van der Waals surface area contributed by atoms with Crippen LogP contribution in [-0.2, 0) is 0 Å². The van der Waals surface area contributed by atoms with E-state index in [0.717, 1.165) is 5.75 Å². The highest BCUT2D eigenvalue weighted by molar-refractivity contribution is 14.2. The number of aliphatic hydroxyl groups is 1. The molecule has 0 aliphatic carbocycles. The average molecular weight is 340 g/mol. The van der Waals surface area contributed by atoms with Crippen LogP contribution in [0.1, 0.15) is 17.9 Å². The molecule has 17 heavy (non-hydrogen) atoms. The van der Waals surface area contributed by atoms with Gasteiger partial charge in [0.1, 0.15) is 5.75 Å². The summed E-state index contributed by atoms with van der Waals surface area (Å²) in [7, 11) is 0. The molecule has 2 atom stereocenters. The second-order valence-corrected chi connectivity index (χ2v) is 6.18. The van der Waals surface area contributed by atoms with Crippen LogP contribution in [0.25, 0.3) is 0 Å². The van der Waals surface area contributed by atoms with Crippen LogP contribution < -0.4 is 4.74 Å². The number of fused-ring (bicyclic) bond motifs is 1. The normalized spacial score (nSPS) is 26.5. The summed E-state index contributed by atoms with van der Waals surface area (Å²) in [5.74, 6) is 1.10. The summed E-state index contributed by atoms with van der Waals surface area (Å²) < 4.78 is 10.0. The lowest BCUT2D eigenvalue weighted by Gasteiger charge is -2.30. The van der Waals surface area contributed by atoms with Gasteiger partial charge in [-0.15, -0.1) is 0 Å². The Morgan fingerprint density at radius 2 is 2.18 bits per heavy atom. The molecule has 0 saturated heterocycles. The Bertz CT molecular complexity index is 517. The first-order valence-corrected chi connectivity index (χ1v) is 8.09. The van der Waals surface area contributed by atoms with Gasteiger partial charge < -0.3 is 9.84 Å². The first kappa shape index (κ1) is 11.2. The molecular formula is C14H13IO2. The van der Waals surface area contributed by atoms with E-state index in [0.29, 0.717) is 6.42 Å². The van der Waals surface area contributed by atoms with Crippen LogP contribution in [0.2, 0.25) is 0 Å². The van der Waals surface area contributed by atoms with Crippen LogP contribution in [0.4, 0.5) is 0 Å². The fourth-order valence-corrected chi connectivity index (χ4v) is 3.95. The maximum absolute atomic E-state index is 9.78. The van der Waals surface area contributed by atoms with Gasteiger partial charge in [-0.25, -0.2) is 0 Å². The number of rotatable bonds is 1. The maximum atomic E-state index is 9.78. The van der Waals surface area contributed by atoms with Crippen LogP contribution in [0, 0.1) is 0 Å². The molecule has 0 saturated carbocycles. The minimum absolute atomic E-state index is 0.0462. The third kappa shape index (κ3) is 2.21. The molecule has 2 aliphatic heterocycles. The zero-order valence-electron chi connectivity index (χ0n) is 9.21. The minimum Gasteiger partial charge on any atom is -0.465 e. The van der Waals surface area contributed by atoms with Crippen molar-refractivity contribution in [1.29, 1.82) is 0 Å². The summed E-state index contributed by atoms with van der Waals surface area (Å²) in [6, 6.07) is 8.00. The van der Waals surface area contributed by atoms with Crippen LogP contribution in [0.3, 0.4) is 0 Å². The fraction of sp³-hybridized carbons (Fsp3) is 0.214. The molecular weight excluding hydrogens is 327 g/mol. The molecule has 2 aliphatic rings. The van der Waals surface area contributed by atoms with Crippen molar-refractivity contribution >= 4 is 24.7 Å². The lowest BCUT2D eigenvalue weighted by molar-refractivity contribution is -0.0359. The van der Waals surface area contributed by atoms with E-state index in [2.05, 4.69) is 26.3 Å². The van der Waals surface area contributed by atoms with Crippen molar-refractivity contribution < 1.29 is 9.84 Å². The van der Waals surface area contributed by atoms with Gasteiger partial charge in [0.15, 0.2) is 6.29 Å². The van der Waals surface area contributed by atoms with Gasteiger partial charge in [0.25, 0.3) is 0 Å². The Morgan fingerprint density at radius 1 is 1.29 bits per heavy atom. The summed E-state index contributed by atoms with van der Waals surface area (Å²) in [6.07, 6.45) is 4.25. The predicted molar refractivity (Wildman–Crippen MR) is 77.7 cm³/mol. The Morgan fingerprint density at radius 3 is 3.00 bits per heavy atom. The number of ether oxygens (including phenoxy) is 1. The number of hydrogen-bond acceptors (Lipinski definition) is 2. The summed E-state index contributed by atoms with van der Waals surface area (Å²) >= 11 is 0.0462. The summed E-state index contributed by atoms with van der Waals surface area (Å²) in [4.78, 5) is 0. The number of halogens is 1. The van der Waals surface area contributed by atoms with E-state index >= 15 is 0 Å². The van der Waals surface area contributed by atoms with Crippen molar-refractivity contribution in [3.05, 3.63) is 51.6 Å². The van der Waals surface area contributed by atoms with Crippen LogP contribution in [-0.4, -0.2) is 15.4 Å². The van der Waals surface area contributed by atoms with Crippen LogP contribution in [0.5, 0.6) is 5.75 Å². The quantitative estimate of drug-likeness (QED) is 0.796. The molecule has 3 rings (SSSR count). The van der Waals surface area contributed by atoms with Gasteiger partial charge in [-0.05, 0) is 19.7 Å². The SMILES string of the molecule is OC1CC(C2=CI=CC=C2)c2ccccc2O1. The third-order valence-electron chi connectivity index (χ3n) is 3.02. The smallest absolute Gasteiger partial charge is 0.198 e. The number of benzene rings is 1. The largest absolute Gasteiger partial charge is 0.465 e. The second kappa shape index (κ2) is 4.74. The zero-order chi connectivity index (χ0) is 11.7. The first-order valence-electron chi connectivity index (χ1n) is 5.60. The molecule has 1 aromatic carbocycles. The summed E-state index contributed by atoms with van der Waals surface area (Å²) in [5.41, 5.74) is 2.52. The zero-order valence-corrected chi connectivity index (χ0v) is 11.4. The van der Waals surface area contributed by atoms with Gasteiger partial charge in [0, 0.05) is 17.9 Å². The van der Waals surface area contributed by atoms with Gasteiger partial charge in [-0.1, -0.05) is 51.1 Å². The summed E-state index contributed by atoms with van der Waals surface area (Å²) in [6.45, 7) is 0. The monoisotopic (exact) mass is 340 g/mol. The number of allylic oxidation sites excluding steroid dienone is 3. The van der Waals surface area contributed by atoms with Crippen molar-refractivity contribution in [2.75, 3.05) is 0 Å². The molecule has 0 fully saturated rings. The van der Waals surface area contributed by atoms with E-state index in [1.165, 1.54) is 11.1 Å². The van der Waals surface area contributed by atoms with Crippen LogP contribution in [0.15, 0.2) is 46.1 Å². The Labute approximate surface area is 110 Å². The molecule has 1 aromatic rings. The van der Waals surface area contributed by atoms with Crippen molar-refractivity contribution in [2.45, 2.75) is 18.6 Å². The molecule has 0 radical (unpaired) electrons. The maximum Gasteiger partial charge on any atom is 0.198 e. The van der Waals surface area contributed by atoms with E-state index in [9.17, 15) is 5.11 Å². The second-order valence-electron chi connectivity index (χ2n) is 4.12. The fourth-order valence-electron chi connectivity index (χ4n) is 2.24. The van der Waals surface area contributed by atoms with Gasteiger partial charge in [0.05, 0.1) is 0 Å². The molecule has 0 bridgehead atoms. The van der Waals surface area contributed by atoms with E-state index in [-0.39, 0.29) is 26.6 Å². The molecule has 1 N–H and O–H groups in total. The standard InChI is InChI=1S/C14H13IO2/c16-14-8-12(10-4-3-7-15-9-10)11-5-1-2-6-13(11)17-14/h1-7,9,12,14,16H,8H2. The molecule has 2 heterocycles. The molecule has 0 spiro atoms. The van der Waals surface area contributed by atoms with Crippen molar-refractivity contribution in [2.24, 2.45) is 0 Å². The van der Waals surface area contributed by atoms with Crippen molar-refractivity contribution in [1.82, 2.24) is 0 Å². The minimum atomic E-state index is -0.687. The number of para-hydroxylation sites is 1. The van der Waals surface area contributed by atoms with E-state index in [4.69, 9.17) is 4.74 Å². The third-order valence-corrected chi connectivity index (χ3v) is 4.93. The molecule has 0 aromatic heterocycles. The molecule has 2 nitrogen and oxygen atoms in total.